The number of hydrogen-bond donors (Lipinski definition) is 4. The van der Waals surface area contributed by atoms with E-state index < -0.39 is 0 Å². The van der Waals surface area contributed by atoms with E-state index in [0.717, 1.165) is 28.5 Å². The average Bonchev–Trinajstić information content (AvgIpc) is 3.04. The second-order valence-corrected chi connectivity index (χ2v) is 6.91. The molecule has 3 aromatic heterocycles. The summed E-state index contributed by atoms with van der Waals surface area (Å²) in [7, 11) is 0. The third kappa shape index (κ3) is 4.85. The molecule has 0 saturated heterocycles. The smallest absolute Gasteiger partial charge is 0.255 e. The molecule has 5 N–H and O–H groups in total. The van der Waals surface area contributed by atoms with Gasteiger partial charge in [0.15, 0.2) is 0 Å². The Morgan fingerprint density at radius 3 is 2.81 bits per heavy atom. The van der Waals surface area contributed by atoms with Crippen molar-refractivity contribution in [1.82, 2.24) is 24.9 Å². The molecule has 0 aliphatic carbocycles. The molecular weight excluding hydrogens is 350 g/mol. The van der Waals surface area contributed by atoms with Crippen molar-refractivity contribution in [3.63, 3.8) is 0 Å². The van der Waals surface area contributed by atoms with Crippen molar-refractivity contribution < 1.29 is 0 Å². The number of aromatic amines is 2. The maximum Gasteiger partial charge on any atom is 0.255 e. The molecule has 0 aliphatic heterocycles. The second kappa shape index (κ2) is 8.52. The Bertz CT molecular complexity index is 904. The molecule has 3 heterocycles. The molecule has 0 amide bonds. The first-order valence-corrected chi connectivity index (χ1v) is 9.36. The Morgan fingerprint density at radius 2 is 2.12 bits per heavy atom. The van der Waals surface area contributed by atoms with Crippen molar-refractivity contribution in [3.05, 3.63) is 63.7 Å². The number of pyridine rings is 1. The lowest BCUT2D eigenvalue weighted by atomic mass is 10.1. The molecule has 0 atom stereocenters. The number of nitrogens with one attached hydrogen (secondary N) is 3. The van der Waals surface area contributed by atoms with Gasteiger partial charge in [-0.15, -0.1) is 0 Å². The lowest BCUT2D eigenvalue weighted by molar-refractivity contribution is 1.00. The van der Waals surface area contributed by atoms with Crippen LogP contribution in [0.1, 0.15) is 22.5 Å². The van der Waals surface area contributed by atoms with Gasteiger partial charge >= 0.3 is 0 Å². The molecule has 9 heteroatoms. The molecule has 0 spiro atoms. The molecule has 3 rings (SSSR count). The highest BCUT2D eigenvalue weighted by Crippen LogP contribution is 2.12. The Morgan fingerprint density at radius 1 is 1.23 bits per heavy atom. The zero-order valence-corrected chi connectivity index (χ0v) is 15.3. The maximum absolute atomic E-state index is 12.2. The van der Waals surface area contributed by atoms with Gasteiger partial charge in [-0.1, -0.05) is 6.07 Å². The highest BCUT2D eigenvalue weighted by atomic mass is 32.2. The molecule has 0 bridgehead atoms. The first kappa shape index (κ1) is 18.0. The van der Waals surface area contributed by atoms with Gasteiger partial charge in [0.2, 0.25) is 5.95 Å². The first-order valence-electron chi connectivity index (χ1n) is 8.21. The molecule has 0 aliphatic rings. The molecule has 26 heavy (non-hydrogen) atoms. The highest BCUT2D eigenvalue weighted by molar-refractivity contribution is 7.98. The van der Waals surface area contributed by atoms with Crippen LogP contribution in [-0.4, -0.2) is 37.2 Å². The number of nitrogens with zero attached hydrogens (tertiary/aromatic N) is 3. The van der Waals surface area contributed by atoms with Crippen LogP contribution in [0.2, 0.25) is 0 Å². The van der Waals surface area contributed by atoms with Crippen LogP contribution in [0.3, 0.4) is 0 Å². The third-order valence-corrected chi connectivity index (χ3v) is 4.80. The standard InChI is InChI=1S/C17H21N7OS/c1-11-14(23-10-22-11)9-26-5-4-19-17-21-8-13(16(25)24-17)6-12-2-3-15(18)20-7-12/h2-3,7-8,10H,4-6,9H2,1H3,(H2,18,20)(H,22,23)(H2,19,21,24,25). The minimum atomic E-state index is -0.154. The fraction of sp³-hybridized carbons (Fsp3) is 0.294. The Labute approximate surface area is 155 Å². The predicted molar refractivity (Wildman–Crippen MR) is 104 cm³/mol. The maximum atomic E-state index is 12.2. The minimum absolute atomic E-state index is 0.154. The van der Waals surface area contributed by atoms with Crippen molar-refractivity contribution in [1.29, 1.82) is 0 Å². The Balaban J connectivity index is 1.47. The number of rotatable bonds is 8. The molecule has 0 radical (unpaired) electrons. The monoisotopic (exact) mass is 371 g/mol. The van der Waals surface area contributed by atoms with Crippen LogP contribution in [0, 0.1) is 6.92 Å². The predicted octanol–water partition coefficient (Wildman–Crippen LogP) is 1.71. The Hall–Kier alpha value is -2.81. The molecule has 0 unspecified atom stereocenters. The number of hydrogen-bond acceptors (Lipinski definition) is 7. The number of thioether (sulfide) groups is 1. The van der Waals surface area contributed by atoms with Gasteiger partial charge in [-0.25, -0.2) is 15.0 Å². The summed E-state index contributed by atoms with van der Waals surface area (Å²) in [4.78, 5) is 30.6. The van der Waals surface area contributed by atoms with E-state index in [9.17, 15) is 4.79 Å². The van der Waals surface area contributed by atoms with Crippen LogP contribution in [-0.2, 0) is 12.2 Å². The number of aryl methyl sites for hydroxylation is 1. The molecule has 8 nitrogen and oxygen atoms in total. The molecule has 0 fully saturated rings. The number of aromatic nitrogens is 5. The average molecular weight is 371 g/mol. The van der Waals surface area contributed by atoms with Crippen molar-refractivity contribution in [3.8, 4) is 0 Å². The van der Waals surface area contributed by atoms with E-state index in [1.807, 2.05) is 13.0 Å². The largest absolute Gasteiger partial charge is 0.384 e. The number of imidazole rings is 1. The minimum Gasteiger partial charge on any atom is -0.384 e. The van der Waals surface area contributed by atoms with E-state index in [2.05, 4.69) is 30.2 Å². The van der Waals surface area contributed by atoms with E-state index in [-0.39, 0.29) is 5.56 Å². The fourth-order valence-electron chi connectivity index (χ4n) is 2.34. The van der Waals surface area contributed by atoms with Crippen LogP contribution >= 0.6 is 11.8 Å². The van der Waals surface area contributed by atoms with Gasteiger partial charge in [-0.2, -0.15) is 11.8 Å². The lowest BCUT2D eigenvalue weighted by Crippen LogP contribution is -2.18. The van der Waals surface area contributed by atoms with E-state index in [1.54, 1.807) is 36.5 Å². The molecule has 0 saturated carbocycles. The lowest BCUT2D eigenvalue weighted by Gasteiger charge is -2.06. The quantitative estimate of drug-likeness (QED) is 0.444. The van der Waals surface area contributed by atoms with Gasteiger partial charge < -0.3 is 16.0 Å². The van der Waals surface area contributed by atoms with Crippen molar-refractivity contribution in [2.75, 3.05) is 23.3 Å². The molecular formula is C17H21N7OS. The summed E-state index contributed by atoms with van der Waals surface area (Å²) in [6.07, 6.45) is 5.44. The zero-order chi connectivity index (χ0) is 18.4. The summed E-state index contributed by atoms with van der Waals surface area (Å²) in [6.45, 7) is 2.72. The van der Waals surface area contributed by atoms with Crippen molar-refractivity contribution >= 4 is 23.5 Å². The van der Waals surface area contributed by atoms with Gasteiger partial charge in [-0.05, 0) is 18.6 Å². The number of anilines is 2. The third-order valence-electron chi connectivity index (χ3n) is 3.83. The summed E-state index contributed by atoms with van der Waals surface area (Å²) in [5.41, 5.74) is 9.09. The second-order valence-electron chi connectivity index (χ2n) is 5.81. The summed E-state index contributed by atoms with van der Waals surface area (Å²) >= 11 is 1.77. The van der Waals surface area contributed by atoms with Crippen molar-refractivity contribution in [2.45, 2.75) is 19.1 Å². The summed E-state index contributed by atoms with van der Waals surface area (Å²) in [5, 5.41) is 3.13. The van der Waals surface area contributed by atoms with Gasteiger partial charge in [0.1, 0.15) is 5.82 Å². The van der Waals surface area contributed by atoms with E-state index in [0.29, 0.717) is 30.3 Å². The van der Waals surface area contributed by atoms with E-state index in [1.165, 1.54) is 0 Å². The van der Waals surface area contributed by atoms with Gasteiger partial charge in [0, 0.05) is 48.1 Å². The highest BCUT2D eigenvalue weighted by Gasteiger charge is 2.05. The molecule has 3 aromatic rings. The number of nitrogens with two attached hydrogens (primary N) is 1. The first-order chi connectivity index (χ1) is 12.6. The van der Waals surface area contributed by atoms with E-state index >= 15 is 0 Å². The number of nitrogen functional groups attached to an aromatic ring is 1. The van der Waals surface area contributed by atoms with E-state index in [4.69, 9.17) is 5.73 Å². The van der Waals surface area contributed by atoms with Gasteiger partial charge in [0.25, 0.3) is 5.56 Å². The van der Waals surface area contributed by atoms with Crippen LogP contribution in [0.4, 0.5) is 11.8 Å². The van der Waals surface area contributed by atoms with Crippen LogP contribution < -0.4 is 16.6 Å². The normalized spacial score (nSPS) is 10.8. The summed E-state index contributed by atoms with van der Waals surface area (Å²) in [6, 6.07) is 3.57. The summed E-state index contributed by atoms with van der Waals surface area (Å²) in [5.74, 6) is 2.68. The fourth-order valence-corrected chi connectivity index (χ4v) is 3.22. The van der Waals surface area contributed by atoms with Crippen LogP contribution in [0.15, 0.2) is 35.6 Å². The van der Waals surface area contributed by atoms with Gasteiger partial charge in [0.05, 0.1) is 12.0 Å². The topological polar surface area (TPSA) is 125 Å². The summed E-state index contributed by atoms with van der Waals surface area (Å²) < 4.78 is 0. The molecule has 0 aromatic carbocycles. The number of H-pyrrole nitrogens is 2. The Kier molecular flexibility index (Phi) is 5.90. The molecule has 136 valence electrons. The van der Waals surface area contributed by atoms with Crippen LogP contribution in [0.25, 0.3) is 0 Å². The zero-order valence-electron chi connectivity index (χ0n) is 14.5. The SMILES string of the molecule is Cc1[nH]cnc1CSCCNc1ncc(Cc2ccc(N)nc2)c(=O)[nH]1. The van der Waals surface area contributed by atoms with Crippen molar-refractivity contribution in [2.24, 2.45) is 0 Å². The van der Waals surface area contributed by atoms with Gasteiger partial charge in [-0.3, -0.25) is 9.78 Å². The van der Waals surface area contributed by atoms with Crippen LogP contribution in [0.5, 0.6) is 0 Å².